The molecule has 0 aliphatic carbocycles. The van der Waals surface area contributed by atoms with Crippen molar-refractivity contribution in [3.8, 4) is 0 Å². The lowest BCUT2D eigenvalue weighted by atomic mass is 9.86. The minimum absolute atomic E-state index is 0.347. The summed E-state index contributed by atoms with van der Waals surface area (Å²) >= 11 is 5.85. The standard InChI is InChI=1S/C18H27ClN2O2S/c19-17-3-5-18(6-4-17)24(22,23)21-13-9-16(10-14-21)2-1-15-7-11-20-12-8-15/h3-6,15-16,20H,1-2,7-14H2. The van der Waals surface area contributed by atoms with E-state index in [1.165, 1.54) is 25.7 Å². The van der Waals surface area contributed by atoms with Gasteiger partial charge in [0.25, 0.3) is 0 Å². The second kappa shape index (κ2) is 8.17. The quantitative estimate of drug-likeness (QED) is 0.862. The molecule has 0 unspecified atom stereocenters. The molecule has 134 valence electrons. The van der Waals surface area contributed by atoms with Crippen LogP contribution in [0.5, 0.6) is 0 Å². The molecule has 2 heterocycles. The number of hydrogen-bond acceptors (Lipinski definition) is 3. The molecule has 1 N–H and O–H groups in total. The molecule has 0 amide bonds. The lowest BCUT2D eigenvalue weighted by Crippen LogP contribution is -2.38. The Morgan fingerprint density at radius 2 is 1.50 bits per heavy atom. The van der Waals surface area contributed by atoms with E-state index in [2.05, 4.69) is 5.32 Å². The van der Waals surface area contributed by atoms with Crippen molar-refractivity contribution < 1.29 is 8.42 Å². The molecule has 0 spiro atoms. The van der Waals surface area contributed by atoms with Gasteiger partial charge < -0.3 is 5.32 Å². The van der Waals surface area contributed by atoms with Crippen LogP contribution < -0.4 is 5.32 Å². The van der Waals surface area contributed by atoms with Crippen molar-refractivity contribution in [2.75, 3.05) is 26.2 Å². The molecule has 0 aromatic heterocycles. The highest BCUT2D eigenvalue weighted by Crippen LogP contribution is 2.29. The summed E-state index contributed by atoms with van der Waals surface area (Å²) in [6.45, 7) is 3.59. The number of sulfonamides is 1. The van der Waals surface area contributed by atoms with Crippen molar-refractivity contribution in [2.24, 2.45) is 11.8 Å². The van der Waals surface area contributed by atoms with E-state index in [9.17, 15) is 8.42 Å². The van der Waals surface area contributed by atoms with Crippen molar-refractivity contribution in [3.05, 3.63) is 29.3 Å². The van der Waals surface area contributed by atoms with Crippen molar-refractivity contribution >= 4 is 21.6 Å². The molecule has 3 rings (SSSR count). The molecule has 2 aliphatic rings. The molecule has 24 heavy (non-hydrogen) atoms. The zero-order valence-corrected chi connectivity index (χ0v) is 15.7. The molecular weight excluding hydrogens is 344 g/mol. The van der Waals surface area contributed by atoms with Crippen LogP contribution >= 0.6 is 11.6 Å². The predicted octanol–water partition coefficient (Wildman–Crippen LogP) is 3.52. The van der Waals surface area contributed by atoms with Gasteiger partial charge in [-0.1, -0.05) is 24.4 Å². The summed E-state index contributed by atoms with van der Waals surface area (Å²) in [6.07, 6.45) is 7.11. The van der Waals surface area contributed by atoms with Gasteiger partial charge >= 0.3 is 0 Å². The Bertz CT molecular complexity index is 619. The average Bonchev–Trinajstić information content (AvgIpc) is 2.61. The van der Waals surface area contributed by atoms with Gasteiger partial charge in [0, 0.05) is 18.1 Å². The van der Waals surface area contributed by atoms with Gasteiger partial charge in [-0.15, -0.1) is 0 Å². The number of hydrogen-bond donors (Lipinski definition) is 1. The van der Waals surface area contributed by atoms with Crippen LogP contribution in [0.2, 0.25) is 5.02 Å². The van der Waals surface area contributed by atoms with Gasteiger partial charge in [-0.25, -0.2) is 8.42 Å². The Morgan fingerprint density at radius 3 is 2.08 bits per heavy atom. The first-order valence-corrected chi connectivity index (χ1v) is 10.8. The lowest BCUT2D eigenvalue weighted by molar-refractivity contribution is 0.239. The van der Waals surface area contributed by atoms with E-state index in [0.717, 1.165) is 31.8 Å². The monoisotopic (exact) mass is 370 g/mol. The van der Waals surface area contributed by atoms with E-state index in [0.29, 0.717) is 28.9 Å². The summed E-state index contributed by atoms with van der Waals surface area (Å²) < 4.78 is 27.0. The van der Waals surface area contributed by atoms with Crippen LogP contribution in [0, 0.1) is 11.8 Å². The maximum Gasteiger partial charge on any atom is 0.243 e. The average molecular weight is 371 g/mol. The molecule has 0 atom stereocenters. The maximum absolute atomic E-state index is 12.7. The zero-order chi connectivity index (χ0) is 17.0. The highest BCUT2D eigenvalue weighted by Gasteiger charge is 2.29. The fourth-order valence-electron chi connectivity index (χ4n) is 3.84. The molecule has 6 heteroatoms. The third-order valence-electron chi connectivity index (χ3n) is 5.47. The summed E-state index contributed by atoms with van der Waals surface area (Å²) in [5.41, 5.74) is 0. The number of nitrogens with one attached hydrogen (secondary N) is 1. The number of nitrogens with zero attached hydrogens (tertiary/aromatic N) is 1. The van der Waals surface area contributed by atoms with Crippen molar-refractivity contribution in [1.29, 1.82) is 0 Å². The molecule has 2 aliphatic heterocycles. The molecule has 2 saturated heterocycles. The SMILES string of the molecule is O=S(=O)(c1ccc(Cl)cc1)N1CCC(CCC2CCNCC2)CC1. The molecule has 1 aromatic carbocycles. The number of rotatable bonds is 5. The highest BCUT2D eigenvalue weighted by molar-refractivity contribution is 7.89. The molecule has 2 fully saturated rings. The first kappa shape index (κ1) is 18.2. The van der Waals surface area contributed by atoms with Gasteiger partial charge in [-0.05, 0) is 74.9 Å². The zero-order valence-electron chi connectivity index (χ0n) is 14.1. The van der Waals surface area contributed by atoms with E-state index in [1.807, 2.05) is 0 Å². The Balaban J connectivity index is 1.49. The van der Waals surface area contributed by atoms with Gasteiger partial charge in [0.2, 0.25) is 10.0 Å². The van der Waals surface area contributed by atoms with Crippen LogP contribution in [-0.2, 0) is 10.0 Å². The number of benzene rings is 1. The van der Waals surface area contributed by atoms with Gasteiger partial charge in [0.15, 0.2) is 0 Å². The molecule has 4 nitrogen and oxygen atoms in total. The van der Waals surface area contributed by atoms with Crippen molar-refractivity contribution in [3.63, 3.8) is 0 Å². The highest BCUT2D eigenvalue weighted by atomic mass is 35.5. The molecule has 1 aromatic rings. The first-order chi connectivity index (χ1) is 11.6. The van der Waals surface area contributed by atoms with E-state index in [-0.39, 0.29) is 0 Å². The van der Waals surface area contributed by atoms with Crippen molar-refractivity contribution in [1.82, 2.24) is 9.62 Å². The fraction of sp³-hybridized carbons (Fsp3) is 0.667. The third-order valence-corrected chi connectivity index (χ3v) is 7.63. The Labute approximate surface area is 150 Å². The van der Waals surface area contributed by atoms with Gasteiger partial charge in [0.1, 0.15) is 0 Å². The summed E-state index contributed by atoms with van der Waals surface area (Å²) in [5, 5.41) is 3.97. The molecular formula is C18H27ClN2O2S. The summed E-state index contributed by atoms with van der Waals surface area (Å²) in [4.78, 5) is 0.347. The normalized spacial score (nSPS) is 21.9. The maximum atomic E-state index is 12.7. The van der Waals surface area contributed by atoms with Crippen LogP contribution in [0.15, 0.2) is 29.2 Å². The van der Waals surface area contributed by atoms with Gasteiger partial charge in [-0.3, -0.25) is 0 Å². The lowest BCUT2D eigenvalue weighted by Gasteiger charge is -2.32. The van der Waals surface area contributed by atoms with Crippen molar-refractivity contribution in [2.45, 2.75) is 43.4 Å². The summed E-state index contributed by atoms with van der Waals surface area (Å²) in [5.74, 6) is 1.54. The minimum Gasteiger partial charge on any atom is -0.317 e. The van der Waals surface area contributed by atoms with Crippen LogP contribution in [0.3, 0.4) is 0 Å². The molecule has 0 saturated carbocycles. The predicted molar refractivity (Wildman–Crippen MR) is 97.8 cm³/mol. The van der Waals surface area contributed by atoms with Crippen LogP contribution in [0.4, 0.5) is 0 Å². The number of piperidine rings is 2. The van der Waals surface area contributed by atoms with Crippen LogP contribution in [-0.4, -0.2) is 38.9 Å². The Hall–Kier alpha value is -0.620. The van der Waals surface area contributed by atoms with Gasteiger partial charge in [-0.2, -0.15) is 4.31 Å². The third kappa shape index (κ3) is 4.51. The summed E-state index contributed by atoms with van der Waals surface area (Å²) in [6, 6.07) is 6.47. The number of halogens is 1. The molecule has 0 bridgehead atoms. The molecule has 0 radical (unpaired) electrons. The second-order valence-corrected chi connectivity index (χ2v) is 9.45. The Morgan fingerprint density at radius 1 is 0.958 bits per heavy atom. The largest absolute Gasteiger partial charge is 0.317 e. The van der Waals surface area contributed by atoms with E-state index < -0.39 is 10.0 Å². The van der Waals surface area contributed by atoms with E-state index in [4.69, 9.17) is 11.6 Å². The minimum atomic E-state index is -3.37. The fourth-order valence-corrected chi connectivity index (χ4v) is 5.43. The van der Waals surface area contributed by atoms with Crippen LogP contribution in [0.25, 0.3) is 0 Å². The topological polar surface area (TPSA) is 49.4 Å². The first-order valence-electron chi connectivity index (χ1n) is 9.02. The van der Waals surface area contributed by atoms with Gasteiger partial charge in [0.05, 0.1) is 4.90 Å². The van der Waals surface area contributed by atoms with E-state index >= 15 is 0 Å². The Kier molecular flexibility index (Phi) is 6.19. The smallest absolute Gasteiger partial charge is 0.243 e. The second-order valence-electron chi connectivity index (χ2n) is 7.07. The van der Waals surface area contributed by atoms with E-state index in [1.54, 1.807) is 28.6 Å². The summed E-state index contributed by atoms with van der Waals surface area (Å²) in [7, 11) is -3.37. The van der Waals surface area contributed by atoms with Crippen LogP contribution in [0.1, 0.15) is 38.5 Å².